The largest absolute Gasteiger partial charge is 0.543 e. The third-order valence-electron chi connectivity index (χ3n) is 6.56. The van der Waals surface area contributed by atoms with Gasteiger partial charge in [0.15, 0.2) is 10.8 Å². The Balaban J connectivity index is 1.53. The van der Waals surface area contributed by atoms with Crippen molar-refractivity contribution in [2.45, 2.75) is 62.3 Å². The van der Waals surface area contributed by atoms with E-state index in [9.17, 15) is 29.4 Å². The van der Waals surface area contributed by atoms with Gasteiger partial charge in [0.25, 0.3) is 11.8 Å². The molecule has 2 aromatic heterocycles. The number of nitrogens with zero attached hydrogens (tertiary/aromatic N) is 5. The molecule has 16 nitrogen and oxygen atoms in total. The number of unbranched alkanes of at least 4 members (excludes halogenated alkanes) is 1. The lowest BCUT2D eigenvalue weighted by Gasteiger charge is -2.50. The first kappa shape index (κ1) is 32.8. The maximum atomic E-state index is 13.3. The van der Waals surface area contributed by atoms with Crippen molar-refractivity contribution in [3.63, 3.8) is 0 Å². The maximum absolute atomic E-state index is 13.3. The number of fused-ring (bicyclic) bond motifs is 1. The number of rotatable bonds is 13. The standard InChI is InChI=1S/C25H31N9O7S3/c1-4-5-6-33-14(27)7-13(26)30-24(33)44-9-11-8-42-20-16(19(36)34(20)17(11)21(37)38)31-18(35)15(12-10-43-23(28)29-12)32-41-25(2,3)22(39)40/h7,10,16,20H,4-6,8-9H2,1-3H3,(H8,26,27,28,29,31,35,37,38,39,40)/b32-15-/t16?,20-/m1/s1. The van der Waals surface area contributed by atoms with E-state index in [0.717, 1.165) is 29.1 Å². The van der Waals surface area contributed by atoms with Crippen molar-refractivity contribution in [1.82, 2.24) is 20.2 Å². The number of oxime groups is 1. The first-order valence-electron chi connectivity index (χ1n) is 13.2. The highest BCUT2D eigenvalue weighted by Crippen LogP contribution is 2.41. The average molecular weight is 666 g/mol. The van der Waals surface area contributed by atoms with E-state index in [0.29, 0.717) is 23.1 Å². The zero-order chi connectivity index (χ0) is 32.3. The molecule has 44 heavy (non-hydrogen) atoms. The number of anilines is 3. The van der Waals surface area contributed by atoms with Crippen LogP contribution in [0.25, 0.3) is 0 Å². The molecule has 2 aromatic rings. The number of aromatic nitrogens is 3. The van der Waals surface area contributed by atoms with Crippen LogP contribution in [0, 0.1) is 0 Å². The number of carbonyl (C=O) groups excluding carboxylic acids is 3. The molecular formula is C25H31N9O7S3. The molecule has 0 bridgehead atoms. The number of thiazole rings is 1. The van der Waals surface area contributed by atoms with E-state index in [1.165, 1.54) is 42.8 Å². The molecule has 2 aliphatic heterocycles. The van der Waals surface area contributed by atoms with Gasteiger partial charge < -0.3 is 42.4 Å². The first-order chi connectivity index (χ1) is 20.7. The number of amides is 2. The molecule has 4 heterocycles. The minimum Gasteiger partial charge on any atom is -0.543 e. The predicted molar refractivity (Wildman–Crippen MR) is 162 cm³/mol. The van der Waals surface area contributed by atoms with E-state index in [2.05, 4.69) is 20.4 Å². The highest BCUT2D eigenvalue weighted by molar-refractivity contribution is 8.01. The molecule has 2 aliphatic rings. The lowest BCUT2D eigenvalue weighted by atomic mass is 10.0. The summed E-state index contributed by atoms with van der Waals surface area (Å²) in [7, 11) is 0. The van der Waals surface area contributed by atoms with Crippen LogP contribution in [-0.2, 0) is 30.6 Å². The monoisotopic (exact) mass is 665 g/mol. The number of carboxylic acids is 2. The fourth-order valence-corrected chi connectivity index (χ4v) is 7.23. The number of aliphatic carboxylic acids is 2. The molecule has 8 N–H and O–H groups in total. The van der Waals surface area contributed by atoms with Crippen LogP contribution in [0.5, 0.6) is 0 Å². The van der Waals surface area contributed by atoms with Gasteiger partial charge in [-0.05, 0) is 37.6 Å². The van der Waals surface area contributed by atoms with Gasteiger partial charge >= 0.3 is 11.1 Å². The van der Waals surface area contributed by atoms with E-state index in [-0.39, 0.29) is 33.8 Å². The van der Waals surface area contributed by atoms with Gasteiger partial charge in [-0.1, -0.05) is 23.5 Å². The highest BCUT2D eigenvalue weighted by atomic mass is 32.2. The summed E-state index contributed by atoms with van der Waals surface area (Å²) in [4.78, 5) is 64.8. The van der Waals surface area contributed by atoms with E-state index in [1.54, 1.807) is 10.6 Å². The number of hydrogen-bond donors (Lipinski definition) is 5. The second-order valence-electron chi connectivity index (χ2n) is 10.2. The fourth-order valence-electron chi connectivity index (χ4n) is 4.14. The Morgan fingerprint density at radius 3 is 2.66 bits per heavy atom. The van der Waals surface area contributed by atoms with Crippen molar-refractivity contribution in [3.8, 4) is 0 Å². The number of β-lactam (4-membered cyclic amide) rings is 1. The molecule has 0 spiro atoms. The van der Waals surface area contributed by atoms with E-state index in [4.69, 9.17) is 22.0 Å². The minimum atomic E-state index is -1.78. The predicted octanol–water partition coefficient (Wildman–Crippen LogP) is -0.848. The molecule has 0 saturated carbocycles. The molecule has 0 aliphatic carbocycles. The molecule has 1 fully saturated rings. The topological polar surface area (TPSA) is 256 Å². The van der Waals surface area contributed by atoms with Crippen molar-refractivity contribution < 1.29 is 38.8 Å². The van der Waals surface area contributed by atoms with Crippen LogP contribution in [0.4, 0.5) is 16.8 Å². The molecule has 19 heteroatoms. The number of carboxylic acid groups (broad SMARTS) is 2. The van der Waals surface area contributed by atoms with Crippen LogP contribution in [0.3, 0.4) is 0 Å². The highest BCUT2D eigenvalue weighted by Gasteiger charge is 2.53. The van der Waals surface area contributed by atoms with Gasteiger partial charge in [-0.3, -0.25) is 14.5 Å². The molecule has 2 atom stereocenters. The smallest absolute Gasteiger partial charge is 0.350 e. The lowest BCUT2D eigenvalue weighted by Crippen LogP contribution is -2.71. The minimum absolute atomic E-state index is 0.00715. The normalized spacial score (nSPS) is 18.5. The Labute approximate surface area is 264 Å². The van der Waals surface area contributed by atoms with Crippen molar-refractivity contribution >= 4 is 81.1 Å². The fraction of sp³-hybridized carbons (Fsp3) is 0.440. The van der Waals surface area contributed by atoms with Gasteiger partial charge in [-0.25, -0.2) is 14.3 Å². The number of thioether (sulfide) groups is 2. The summed E-state index contributed by atoms with van der Waals surface area (Å²) in [6, 6.07) is 0.440. The van der Waals surface area contributed by atoms with Crippen LogP contribution >= 0.6 is 34.9 Å². The van der Waals surface area contributed by atoms with Crippen LogP contribution in [0.15, 0.2) is 33.0 Å². The summed E-state index contributed by atoms with van der Waals surface area (Å²) in [5, 5.41) is 29.2. The zero-order valence-electron chi connectivity index (χ0n) is 23.9. The quantitative estimate of drug-likeness (QED) is 0.0436. The molecule has 1 unspecified atom stereocenters. The summed E-state index contributed by atoms with van der Waals surface area (Å²) >= 11 is 3.51. The van der Waals surface area contributed by atoms with Crippen LogP contribution < -0.4 is 32.2 Å². The van der Waals surface area contributed by atoms with Crippen LogP contribution in [0.1, 0.15) is 39.3 Å². The van der Waals surface area contributed by atoms with Crippen LogP contribution in [-0.4, -0.2) is 78.0 Å². The third-order valence-corrected chi connectivity index (χ3v) is 9.64. The Bertz CT molecular complexity index is 1560. The molecule has 1 saturated heterocycles. The third kappa shape index (κ3) is 6.83. The number of carbonyl (C=O) groups is 4. The van der Waals surface area contributed by atoms with Gasteiger partial charge in [-0.15, -0.1) is 23.1 Å². The Hall–Kier alpha value is -4.10. The van der Waals surface area contributed by atoms with Crippen molar-refractivity contribution in [2.75, 3.05) is 28.7 Å². The SMILES string of the molecule is CCCC[n+]1c(N)cc(N)nc1SCC1=C(C(=O)[O-])N2C(=O)C(NC(=O)/C(=N\OC(C)(C)C(=O)O)c3csc(N)n3)[C@H]2SC1. The summed E-state index contributed by atoms with van der Waals surface area (Å²) in [6.07, 6.45) is 1.77. The Morgan fingerprint density at radius 2 is 2.05 bits per heavy atom. The van der Waals surface area contributed by atoms with E-state index in [1.807, 2.05) is 6.92 Å². The van der Waals surface area contributed by atoms with Crippen molar-refractivity contribution in [1.29, 1.82) is 0 Å². The van der Waals surface area contributed by atoms with Crippen molar-refractivity contribution in [2.24, 2.45) is 5.16 Å². The molecule has 236 valence electrons. The van der Waals surface area contributed by atoms with Gasteiger partial charge in [0.05, 0.1) is 24.3 Å². The number of nitrogens with one attached hydrogen (secondary N) is 1. The Kier molecular flexibility index (Phi) is 9.89. The number of hydrogen-bond acceptors (Lipinski definition) is 15. The second-order valence-corrected chi connectivity index (χ2v) is 13.1. The molecular weight excluding hydrogens is 635 g/mol. The Morgan fingerprint density at radius 1 is 1.32 bits per heavy atom. The first-order valence-corrected chi connectivity index (χ1v) is 16.1. The van der Waals surface area contributed by atoms with Crippen molar-refractivity contribution in [3.05, 3.63) is 28.4 Å². The van der Waals surface area contributed by atoms with Gasteiger partial charge in [0, 0.05) is 16.9 Å². The summed E-state index contributed by atoms with van der Waals surface area (Å²) in [6.45, 7) is 5.12. The number of nitrogens with two attached hydrogens (primary N) is 3. The second kappa shape index (κ2) is 13.3. The lowest BCUT2D eigenvalue weighted by molar-refractivity contribution is -0.723. The van der Waals surface area contributed by atoms with E-state index < -0.39 is 46.5 Å². The molecule has 4 rings (SSSR count). The molecule has 2 amide bonds. The zero-order valence-corrected chi connectivity index (χ0v) is 26.4. The summed E-state index contributed by atoms with van der Waals surface area (Å²) < 4.78 is 1.80. The maximum Gasteiger partial charge on any atom is 0.350 e. The van der Waals surface area contributed by atoms with E-state index >= 15 is 0 Å². The van der Waals surface area contributed by atoms with Gasteiger partial charge in [0.1, 0.15) is 17.1 Å². The average Bonchev–Trinajstić information content (AvgIpc) is 3.38. The summed E-state index contributed by atoms with van der Waals surface area (Å²) in [5.74, 6) is -3.38. The number of nitrogen functional groups attached to an aromatic ring is 3. The van der Waals surface area contributed by atoms with Gasteiger partial charge in [0.2, 0.25) is 17.2 Å². The molecule has 0 aromatic carbocycles. The molecule has 0 radical (unpaired) electrons. The van der Waals surface area contributed by atoms with Gasteiger partial charge in [-0.2, -0.15) is 0 Å². The summed E-state index contributed by atoms with van der Waals surface area (Å²) in [5.41, 5.74) is 15.7. The van der Waals surface area contributed by atoms with Crippen LogP contribution in [0.2, 0.25) is 0 Å².